The molecule has 1 nitrogen and oxygen atoms in total. The number of hydrogen-bond acceptors (Lipinski definition) is 1. The normalized spacial score (nSPS) is 20.2. The zero-order valence-corrected chi connectivity index (χ0v) is 13.4. The number of benzene rings is 1. The summed E-state index contributed by atoms with van der Waals surface area (Å²) in [5.41, 5.74) is 1.56. The summed E-state index contributed by atoms with van der Waals surface area (Å²) in [6.45, 7) is 5.56. The lowest BCUT2D eigenvalue weighted by Gasteiger charge is -2.35. The second-order valence-electron chi connectivity index (χ2n) is 6.14. The predicted molar refractivity (Wildman–Crippen MR) is 81.7 cm³/mol. The molecule has 0 saturated heterocycles. The van der Waals surface area contributed by atoms with Gasteiger partial charge in [-0.25, -0.2) is 4.39 Å². The average Bonchev–Trinajstić information content (AvgIpc) is 2.37. The molecule has 0 amide bonds. The van der Waals surface area contributed by atoms with Crippen molar-refractivity contribution in [2.24, 2.45) is 5.41 Å². The van der Waals surface area contributed by atoms with Crippen molar-refractivity contribution in [2.75, 3.05) is 6.54 Å². The minimum atomic E-state index is -0.193. The van der Waals surface area contributed by atoms with E-state index in [1.165, 1.54) is 44.2 Å². The van der Waals surface area contributed by atoms with E-state index in [4.69, 9.17) is 0 Å². The maximum absolute atomic E-state index is 13.1. The quantitative estimate of drug-likeness (QED) is 0.800. The molecule has 3 heteroatoms. The van der Waals surface area contributed by atoms with Crippen LogP contribution in [0, 0.1) is 11.2 Å². The summed E-state index contributed by atoms with van der Waals surface area (Å²) in [6.07, 6.45) is 6.73. The molecule has 0 aromatic heterocycles. The van der Waals surface area contributed by atoms with Crippen LogP contribution in [0.4, 0.5) is 4.39 Å². The monoisotopic (exact) mass is 327 g/mol. The van der Waals surface area contributed by atoms with Gasteiger partial charge in [0.2, 0.25) is 0 Å². The zero-order valence-electron chi connectivity index (χ0n) is 11.8. The van der Waals surface area contributed by atoms with Crippen molar-refractivity contribution in [1.82, 2.24) is 5.32 Å². The number of nitrogens with one attached hydrogen (secondary N) is 1. The summed E-state index contributed by atoms with van der Waals surface area (Å²) in [4.78, 5) is 0. The Kier molecular flexibility index (Phi) is 5.02. The molecule has 1 aliphatic carbocycles. The van der Waals surface area contributed by atoms with Crippen molar-refractivity contribution < 1.29 is 4.39 Å². The Morgan fingerprint density at radius 2 is 2.00 bits per heavy atom. The van der Waals surface area contributed by atoms with E-state index in [1.54, 1.807) is 0 Å². The highest BCUT2D eigenvalue weighted by molar-refractivity contribution is 9.10. The first kappa shape index (κ1) is 15.0. The first-order valence-corrected chi connectivity index (χ1v) is 7.98. The number of hydrogen-bond donors (Lipinski definition) is 1. The Bertz CT molecular complexity index is 427. The van der Waals surface area contributed by atoms with Gasteiger partial charge in [0, 0.05) is 17.1 Å². The third-order valence-corrected chi connectivity index (χ3v) is 5.01. The molecule has 1 N–H and O–H groups in total. The van der Waals surface area contributed by atoms with Gasteiger partial charge in [-0.15, -0.1) is 0 Å². The Morgan fingerprint density at radius 1 is 1.32 bits per heavy atom. The minimum Gasteiger partial charge on any atom is -0.310 e. The van der Waals surface area contributed by atoms with E-state index < -0.39 is 0 Å². The molecule has 106 valence electrons. The van der Waals surface area contributed by atoms with Gasteiger partial charge in [-0.05, 0) is 42.9 Å². The van der Waals surface area contributed by atoms with E-state index in [9.17, 15) is 4.39 Å². The van der Waals surface area contributed by atoms with Crippen LogP contribution in [0.2, 0.25) is 0 Å². The molecule has 2 rings (SSSR count). The van der Waals surface area contributed by atoms with Gasteiger partial charge >= 0.3 is 0 Å². The van der Waals surface area contributed by atoms with Crippen LogP contribution in [0.1, 0.15) is 57.6 Å². The van der Waals surface area contributed by atoms with Crippen molar-refractivity contribution in [1.29, 1.82) is 0 Å². The van der Waals surface area contributed by atoms with Gasteiger partial charge in [-0.1, -0.05) is 48.2 Å². The molecule has 19 heavy (non-hydrogen) atoms. The Hall–Kier alpha value is -0.410. The van der Waals surface area contributed by atoms with E-state index in [1.807, 2.05) is 6.07 Å². The SMILES string of the molecule is CC(NCC1(C)CCCCC1)c1ccc(F)cc1Br. The topological polar surface area (TPSA) is 12.0 Å². The van der Waals surface area contributed by atoms with E-state index in [-0.39, 0.29) is 11.9 Å². The molecule has 0 spiro atoms. The second kappa shape index (κ2) is 6.36. The Morgan fingerprint density at radius 3 is 2.63 bits per heavy atom. The van der Waals surface area contributed by atoms with Crippen molar-refractivity contribution in [3.63, 3.8) is 0 Å². The maximum Gasteiger partial charge on any atom is 0.124 e. The van der Waals surface area contributed by atoms with Crippen LogP contribution in [0.15, 0.2) is 22.7 Å². The largest absolute Gasteiger partial charge is 0.310 e. The number of rotatable bonds is 4. The second-order valence-corrected chi connectivity index (χ2v) is 6.99. The highest BCUT2D eigenvalue weighted by Gasteiger charge is 2.27. The molecule has 0 heterocycles. The summed E-state index contributed by atoms with van der Waals surface area (Å²) >= 11 is 3.45. The van der Waals surface area contributed by atoms with E-state index >= 15 is 0 Å². The summed E-state index contributed by atoms with van der Waals surface area (Å²) in [7, 11) is 0. The molecule has 1 unspecified atom stereocenters. The van der Waals surface area contributed by atoms with Crippen LogP contribution in [0.3, 0.4) is 0 Å². The zero-order chi connectivity index (χ0) is 13.9. The van der Waals surface area contributed by atoms with Crippen LogP contribution in [0.5, 0.6) is 0 Å². The Balaban J connectivity index is 1.95. The van der Waals surface area contributed by atoms with Gasteiger partial charge in [0.1, 0.15) is 5.82 Å². The van der Waals surface area contributed by atoms with Crippen LogP contribution in [-0.2, 0) is 0 Å². The molecule has 1 aliphatic rings. The first-order chi connectivity index (χ1) is 9.00. The standard InChI is InChI=1S/C16H23BrFN/c1-12(14-7-6-13(18)10-15(14)17)19-11-16(2)8-4-3-5-9-16/h6-7,10,12,19H,3-5,8-9,11H2,1-2H3. The van der Waals surface area contributed by atoms with Crippen molar-refractivity contribution in [3.8, 4) is 0 Å². The van der Waals surface area contributed by atoms with Gasteiger partial charge in [0.05, 0.1) is 0 Å². The van der Waals surface area contributed by atoms with Gasteiger partial charge < -0.3 is 5.32 Å². The molecular formula is C16H23BrFN. The molecule has 0 radical (unpaired) electrons. The lowest BCUT2D eigenvalue weighted by Crippen LogP contribution is -2.35. The third kappa shape index (κ3) is 4.03. The van der Waals surface area contributed by atoms with Gasteiger partial charge in [0.15, 0.2) is 0 Å². The lowest BCUT2D eigenvalue weighted by atomic mass is 9.75. The van der Waals surface area contributed by atoms with Gasteiger partial charge in [-0.3, -0.25) is 0 Å². The summed E-state index contributed by atoms with van der Waals surface area (Å²) in [6, 6.07) is 5.17. The molecule has 1 aromatic carbocycles. The molecule has 1 aromatic rings. The van der Waals surface area contributed by atoms with Gasteiger partial charge in [-0.2, -0.15) is 0 Å². The van der Waals surface area contributed by atoms with Crippen LogP contribution in [-0.4, -0.2) is 6.54 Å². The van der Waals surface area contributed by atoms with E-state index in [0.717, 1.165) is 16.6 Å². The predicted octanol–water partition coefficient (Wildman–Crippen LogP) is 5.21. The maximum atomic E-state index is 13.1. The molecule has 1 atom stereocenters. The van der Waals surface area contributed by atoms with Crippen LogP contribution < -0.4 is 5.32 Å². The lowest BCUT2D eigenvalue weighted by molar-refractivity contribution is 0.202. The van der Waals surface area contributed by atoms with Crippen LogP contribution >= 0.6 is 15.9 Å². The smallest absolute Gasteiger partial charge is 0.124 e. The fraction of sp³-hybridized carbons (Fsp3) is 0.625. The molecule has 1 fully saturated rings. The highest BCUT2D eigenvalue weighted by Crippen LogP contribution is 2.35. The summed E-state index contributed by atoms with van der Waals surface area (Å²) in [5, 5.41) is 3.62. The highest BCUT2D eigenvalue weighted by atomic mass is 79.9. The summed E-state index contributed by atoms with van der Waals surface area (Å²) < 4.78 is 13.9. The third-order valence-electron chi connectivity index (χ3n) is 4.32. The van der Waals surface area contributed by atoms with Crippen molar-refractivity contribution in [3.05, 3.63) is 34.1 Å². The Labute approximate surface area is 124 Å². The van der Waals surface area contributed by atoms with Crippen molar-refractivity contribution in [2.45, 2.75) is 52.0 Å². The van der Waals surface area contributed by atoms with E-state index in [0.29, 0.717) is 5.41 Å². The van der Waals surface area contributed by atoms with E-state index in [2.05, 4.69) is 35.1 Å². The molecule has 1 saturated carbocycles. The molecular weight excluding hydrogens is 305 g/mol. The average molecular weight is 328 g/mol. The molecule has 0 bridgehead atoms. The first-order valence-electron chi connectivity index (χ1n) is 7.18. The minimum absolute atomic E-state index is 0.193. The van der Waals surface area contributed by atoms with Gasteiger partial charge in [0.25, 0.3) is 0 Å². The fourth-order valence-electron chi connectivity index (χ4n) is 2.94. The number of halogens is 2. The molecule has 0 aliphatic heterocycles. The summed E-state index contributed by atoms with van der Waals surface area (Å²) in [5.74, 6) is -0.193. The fourth-order valence-corrected chi connectivity index (χ4v) is 3.64. The van der Waals surface area contributed by atoms with Crippen LogP contribution in [0.25, 0.3) is 0 Å². The van der Waals surface area contributed by atoms with Crippen molar-refractivity contribution >= 4 is 15.9 Å².